The summed E-state index contributed by atoms with van der Waals surface area (Å²) in [7, 11) is 1.82. The second kappa shape index (κ2) is 9.01. The Morgan fingerprint density at radius 1 is 1.17 bits per heavy atom. The largest absolute Gasteiger partial charge is 0.396 e. The molecule has 0 atom stereocenters. The zero-order valence-electron chi connectivity index (χ0n) is 14.7. The fourth-order valence-electron chi connectivity index (χ4n) is 2.68. The number of anilines is 1. The summed E-state index contributed by atoms with van der Waals surface area (Å²) in [6.45, 7) is 6.38. The summed E-state index contributed by atoms with van der Waals surface area (Å²) in [6, 6.07) is 6.09. The molecule has 23 heavy (non-hydrogen) atoms. The number of nitrogens with zero attached hydrogens (tertiary/aromatic N) is 1. The van der Waals surface area contributed by atoms with E-state index in [2.05, 4.69) is 19.2 Å². The maximum atomic E-state index is 12.3. The molecule has 0 aliphatic carbocycles. The Labute approximate surface area is 139 Å². The minimum atomic E-state index is -0.606. The second-order valence-electron chi connectivity index (χ2n) is 6.51. The van der Waals surface area contributed by atoms with Crippen LogP contribution in [0.5, 0.6) is 0 Å². The lowest BCUT2D eigenvalue weighted by molar-refractivity contribution is -0.117. The van der Waals surface area contributed by atoms with E-state index in [1.165, 1.54) is 0 Å². The van der Waals surface area contributed by atoms with Crippen LogP contribution in [0, 0.1) is 5.41 Å². The van der Waals surface area contributed by atoms with Gasteiger partial charge in [0, 0.05) is 17.6 Å². The first-order valence-corrected chi connectivity index (χ1v) is 8.20. The number of nitrogens with one attached hydrogen (secondary N) is 1. The van der Waals surface area contributed by atoms with E-state index >= 15 is 0 Å². The highest BCUT2D eigenvalue weighted by Crippen LogP contribution is 2.22. The molecule has 0 aliphatic heterocycles. The number of carbonyl (C=O) groups excluding carboxylic acids is 1. The van der Waals surface area contributed by atoms with Crippen molar-refractivity contribution in [3.8, 4) is 0 Å². The Morgan fingerprint density at radius 2 is 1.70 bits per heavy atom. The molecule has 5 nitrogen and oxygen atoms in total. The Bertz CT molecular complexity index is 491. The van der Waals surface area contributed by atoms with E-state index in [9.17, 15) is 15.0 Å². The minimum Gasteiger partial charge on any atom is -0.396 e. The molecule has 130 valence electrons. The van der Waals surface area contributed by atoms with Gasteiger partial charge in [-0.15, -0.1) is 0 Å². The number of benzene rings is 1. The first-order chi connectivity index (χ1) is 10.9. The fraction of sp³-hybridized carbons (Fsp3) is 0.611. The van der Waals surface area contributed by atoms with Gasteiger partial charge in [0.25, 0.3) is 0 Å². The number of aliphatic hydroxyl groups excluding tert-OH is 2. The zero-order chi connectivity index (χ0) is 17.5. The molecule has 0 aromatic heterocycles. The third-order valence-electron chi connectivity index (χ3n) is 4.09. The predicted molar refractivity (Wildman–Crippen MR) is 93.6 cm³/mol. The van der Waals surface area contributed by atoms with Crippen LogP contribution in [0.4, 0.5) is 5.69 Å². The smallest absolute Gasteiger partial charge is 0.238 e. The second-order valence-corrected chi connectivity index (χ2v) is 6.51. The Hall–Kier alpha value is -1.43. The molecule has 0 spiro atoms. The van der Waals surface area contributed by atoms with Gasteiger partial charge >= 0.3 is 0 Å². The van der Waals surface area contributed by atoms with Crippen molar-refractivity contribution in [2.24, 2.45) is 5.41 Å². The van der Waals surface area contributed by atoms with Crippen LogP contribution in [0.1, 0.15) is 31.9 Å². The van der Waals surface area contributed by atoms with Crippen LogP contribution in [0.3, 0.4) is 0 Å². The number of likely N-dealkylation sites (N-methyl/N-ethyl adjacent to an activating group) is 1. The van der Waals surface area contributed by atoms with Crippen molar-refractivity contribution >= 4 is 11.6 Å². The normalized spacial score (nSPS) is 11.8. The first-order valence-electron chi connectivity index (χ1n) is 8.20. The topological polar surface area (TPSA) is 72.8 Å². The maximum Gasteiger partial charge on any atom is 0.238 e. The monoisotopic (exact) mass is 322 g/mol. The number of aliphatic hydroxyl groups is 2. The number of rotatable bonds is 9. The van der Waals surface area contributed by atoms with Crippen molar-refractivity contribution in [3.63, 3.8) is 0 Å². The van der Waals surface area contributed by atoms with E-state index in [1.807, 2.05) is 30.1 Å². The predicted octanol–water partition coefficient (Wildman–Crippen LogP) is 1.67. The van der Waals surface area contributed by atoms with Crippen LogP contribution in [-0.4, -0.2) is 54.4 Å². The van der Waals surface area contributed by atoms with Gasteiger partial charge in [0.15, 0.2) is 0 Å². The average molecular weight is 322 g/mol. The summed E-state index contributed by atoms with van der Waals surface area (Å²) >= 11 is 0. The maximum absolute atomic E-state index is 12.3. The van der Waals surface area contributed by atoms with Gasteiger partial charge in [0.1, 0.15) is 0 Å². The minimum absolute atomic E-state index is 0.0821. The van der Waals surface area contributed by atoms with Crippen LogP contribution in [0.2, 0.25) is 0 Å². The molecule has 1 aromatic rings. The molecule has 1 aromatic carbocycles. The molecule has 0 saturated carbocycles. The van der Waals surface area contributed by atoms with Crippen LogP contribution in [-0.2, 0) is 17.6 Å². The summed E-state index contributed by atoms with van der Waals surface area (Å²) in [6.07, 6.45) is 1.73. The Kier molecular flexibility index (Phi) is 7.68. The summed E-state index contributed by atoms with van der Waals surface area (Å²) in [5.74, 6) is -0.0821. The van der Waals surface area contributed by atoms with Gasteiger partial charge in [0.05, 0.1) is 19.8 Å². The van der Waals surface area contributed by atoms with Crippen molar-refractivity contribution < 1.29 is 15.0 Å². The summed E-state index contributed by atoms with van der Waals surface area (Å²) < 4.78 is 0. The molecular weight excluding hydrogens is 292 g/mol. The van der Waals surface area contributed by atoms with Gasteiger partial charge in [-0.3, -0.25) is 9.69 Å². The number of hydrogen-bond acceptors (Lipinski definition) is 4. The third kappa shape index (κ3) is 5.61. The first kappa shape index (κ1) is 19.6. The number of para-hydroxylation sites is 1. The Morgan fingerprint density at radius 3 is 2.13 bits per heavy atom. The molecule has 1 rings (SSSR count). The molecule has 3 N–H and O–H groups in total. The molecule has 0 fully saturated rings. The number of aryl methyl sites for hydroxylation is 2. The van der Waals surface area contributed by atoms with Crippen LogP contribution in [0.25, 0.3) is 0 Å². The van der Waals surface area contributed by atoms with Crippen molar-refractivity contribution in [1.82, 2.24) is 4.90 Å². The van der Waals surface area contributed by atoms with E-state index in [1.54, 1.807) is 6.92 Å². The van der Waals surface area contributed by atoms with Crippen LogP contribution in [0.15, 0.2) is 18.2 Å². The highest BCUT2D eigenvalue weighted by atomic mass is 16.3. The quantitative estimate of drug-likeness (QED) is 0.647. The molecule has 0 bridgehead atoms. The van der Waals surface area contributed by atoms with Crippen LogP contribution < -0.4 is 5.32 Å². The highest BCUT2D eigenvalue weighted by Gasteiger charge is 2.25. The van der Waals surface area contributed by atoms with E-state index in [4.69, 9.17) is 0 Å². The molecule has 0 aliphatic rings. The van der Waals surface area contributed by atoms with Crippen LogP contribution >= 0.6 is 0 Å². The molecule has 5 heteroatoms. The fourth-order valence-corrected chi connectivity index (χ4v) is 2.68. The standard InChI is InChI=1S/C18H30N2O3/c1-5-14-8-7-9-15(6-2)17(14)19-16(23)10-20(4)11-18(3,12-21)13-22/h7-9,21-22H,5-6,10-13H2,1-4H3,(H,19,23). The van der Waals surface area contributed by atoms with E-state index < -0.39 is 5.41 Å². The summed E-state index contributed by atoms with van der Waals surface area (Å²) in [4.78, 5) is 14.2. The molecule has 0 saturated heterocycles. The number of amides is 1. The average Bonchev–Trinajstić information content (AvgIpc) is 2.54. The Balaban J connectivity index is 2.74. The van der Waals surface area contributed by atoms with Crippen molar-refractivity contribution in [1.29, 1.82) is 0 Å². The highest BCUT2D eigenvalue weighted by molar-refractivity contribution is 5.93. The number of carbonyl (C=O) groups is 1. The molecule has 1 amide bonds. The lowest BCUT2D eigenvalue weighted by atomic mass is 9.92. The molecule has 0 heterocycles. The van der Waals surface area contributed by atoms with Gasteiger partial charge in [-0.05, 0) is 31.0 Å². The van der Waals surface area contributed by atoms with Gasteiger partial charge in [-0.25, -0.2) is 0 Å². The van der Waals surface area contributed by atoms with Crippen molar-refractivity contribution in [2.45, 2.75) is 33.6 Å². The molecular formula is C18H30N2O3. The lowest BCUT2D eigenvalue weighted by Gasteiger charge is -2.30. The van der Waals surface area contributed by atoms with Gasteiger partial charge < -0.3 is 15.5 Å². The van der Waals surface area contributed by atoms with Gasteiger partial charge in [-0.1, -0.05) is 39.0 Å². The zero-order valence-corrected chi connectivity index (χ0v) is 14.7. The van der Waals surface area contributed by atoms with E-state index in [0.29, 0.717) is 6.54 Å². The van der Waals surface area contributed by atoms with Crippen molar-refractivity contribution in [2.75, 3.05) is 38.7 Å². The summed E-state index contributed by atoms with van der Waals surface area (Å²) in [5.41, 5.74) is 2.58. The van der Waals surface area contributed by atoms with Gasteiger partial charge in [-0.2, -0.15) is 0 Å². The van der Waals surface area contributed by atoms with Gasteiger partial charge in [0.2, 0.25) is 5.91 Å². The van der Waals surface area contributed by atoms with E-state index in [0.717, 1.165) is 29.7 Å². The van der Waals surface area contributed by atoms with E-state index in [-0.39, 0.29) is 25.7 Å². The SMILES string of the molecule is CCc1cccc(CC)c1NC(=O)CN(C)CC(C)(CO)CO. The molecule has 0 radical (unpaired) electrons. The van der Waals surface area contributed by atoms with Crippen molar-refractivity contribution in [3.05, 3.63) is 29.3 Å². The third-order valence-corrected chi connectivity index (χ3v) is 4.09. The number of hydrogen-bond donors (Lipinski definition) is 3. The lowest BCUT2D eigenvalue weighted by Crippen LogP contribution is -2.42. The molecule has 0 unspecified atom stereocenters. The summed E-state index contributed by atoms with van der Waals surface area (Å²) in [5, 5.41) is 21.7.